The molecule has 0 saturated carbocycles. The van der Waals surface area contributed by atoms with Crippen LogP contribution in [0.3, 0.4) is 0 Å². The van der Waals surface area contributed by atoms with Crippen LogP contribution in [0.5, 0.6) is 0 Å². The smallest absolute Gasteiger partial charge is 0.126 e. The SMILES string of the molecule is C[N+](C)(C)C[C@H](O)COCc1ccccc1.[Cl-]. The van der Waals surface area contributed by atoms with Gasteiger partial charge in [-0.05, 0) is 5.56 Å². The van der Waals surface area contributed by atoms with E-state index in [9.17, 15) is 5.11 Å². The van der Waals surface area contributed by atoms with Crippen molar-refractivity contribution in [2.75, 3.05) is 34.3 Å². The van der Waals surface area contributed by atoms with Gasteiger partial charge in [0.2, 0.25) is 0 Å². The zero-order valence-corrected chi connectivity index (χ0v) is 11.5. The topological polar surface area (TPSA) is 29.5 Å². The van der Waals surface area contributed by atoms with Gasteiger partial charge in [0.25, 0.3) is 0 Å². The average molecular weight is 260 g/mol. The Hall–Kier alpha value is -0.610. The summed E-state index contributed by atoms with van der Waals surface area (Å²) in [5.74, 6) is 0. The van der Waals surface area contributed by atoms with E-state index in [2.05, 4.69) is 21.1 Å². The first kappa shape index (κ1) is 16.4. The summed E-state index contributed by atoms with van der Waals surface area (Å²) < 4.78 is 6.21. The molecule has 1 aromatic carbocycles. The second-order valence-corrected chi connectivity index (χ2v) is 5.13. The van der Waals surface area contributed by atoms with E-state index in [-0.39, 0.29) is 12.4 Å². The van der Waals surface area contributed by atoms with E-state index in [0.717, 1.165) is 10.0 Å². The van der Waals surface area contributed by atoms with Crippen molar-refractivity contribution in [2.45, 2.75) is 12.7 Å². The van der Waals surface area contributed by atoms with Crippen LogP contribution in [0, 0.1) is 0 Å². The summed E-state index contributed by atoms with van der Waals surface area (Å²) in [5.41, 5.74) is 1.14. The Labute approximate surface area is 110 Å². The number of benzene rings is 1. The van der Waals surface area contributed by atoms with E-state index in [0.29, 0.717) is 19.8 Å². The number of nitrogens with zero attached hydrogens (tertiary/aromatic N) is 1. The molecule has 1 aromatic rings. The lowest BCUT2D eigenvalue weighted by molar-refractivity contribution is -0.873. The number of rotatable bonds is 6. The fraction of sp³-hybridized carbons (Fsp3) is 0.538. The third-order valence-electron chi connectivity index (χ3n) is 2.18. The number of aliphatic hydroxyl groups excluding tert-OH is 1. The minimum atomic E-state index is -0.399. The molecule has 0 bridgehead atoms. The van der Waals surface area contributed by atoms with Gasteiger partial charge >= 0.3 is 0 Å². The zero-order valence-electron chi connectivity index (χ0n) is 10.8. The van der Waals surface area contributed by atoms with Crippen LogP contribution >= 0.6 is 0 Å². The van der Waals surface area contributed by atoms with Gasteiger partial charge in [-0.3, -0.25) is 0 Å². The number of quaternary nitrogens is 1. The first-order chi connectivity index (χ1) is 7.47. The van der Waals surface area contributed by atoms with Gasteiger partial charge in [-0.2, -0.15) is 0 Å². The zero-order chi connectivity index (χ0) is 12.0. The van der Waals surface area contributed by atoms with Crippen molar-refractivity contribution in [3.63, 3.8) is 0 Å². The number of likely N-dealkylation sites (N-methyl/N-ethyl adjacent to an activating group) is 1. The molecule has 1 N–H and O–H groups in total. The largest absolute Gasteiger partial charge is 1.00 e. The molecule has 3 nitrogen and oxygen atoms in total. The number of hydrogen-bond donors (Lipinski definition) is 1. The van der Waals surface area contributed by atoms with E-state index < -0.39 is 6.10 Å². The normalized spacial score (nSPS) is 12.9. The first-order valence-electron chi connectivity index (χ1n) is 5.57. The maximum absolute atomic E-state index is 9.72. The minimum Gasteiger partial charge on any atom is -1.00 e. The fourth-order valence-electron chi connectivity index (χ4n) is 1.57. The molecule has 0 radical (unpaired) electrons. The average Bonchev–Trinajstić information content (AvgIpc) is 2.16. The molecule has 0 unspecified atom stereocenters. The number of ether oxygens (including phenoxy) is 1. The van der Waals surface area contributed by atoms with Gasteiger partial charge in [-0.1, -0.05) is 30.3 Å². The highest BCUT2D eigenvalue weighted by atomic mass is 35.5. The van der Waals surface area contributed by atoms with E-state index in [1.807, 2.05) is 30.3 Å². The van der Waals surface area contributed by atoms with E-state index >= 15 is 0 Å². The van der Waals surface area contributed by atoms with Gasteiger partial charge in [0, 0.05) is 0 Å². The maximum atomic E-state index is 9.72. The van der Waals surface area contributed by atoms with Crippen LogP contribution in [0.4, 0.5) is 0 Å². The quantitative estimate of drug-likeness (QED) is 0.616. The molecular weight excluding hydrogens is 238 g/mol. The van der Waals surface area contributed by atoms with Crippen LogP contribution in [0.1, 0.15) is 5.56 Å². The van der Waals surface area contributed by atoms with Gasteiger partial charge in [-0.15, -0.1) is 0 Å². The van der Waals surface area contributed by atoms with Crippen LogP contribution in [-0.4, -0.2) is 50.0 Å². The summed E-state index contributed by atoms with van der Waals surface area (Å²) in [7, 11) is 6.17. The second kappa shape index (κ2) is 7.67. The summed E-state index contributed by atoms with van der Waals surface area (Å²) in [6, 6.07) is 10.00. The van der Waals surface area contributed by atoms with Crippen LogP contribution in [-0.2, 0) is 11.3 Å². The van der Waals surface area contributed by atoms with Gasteiger partial charge in [0.05, 0.1) is 34.4 Å². The Morgan fingerprint density at radius 1 is 1.18 bits per heavy atom. The molecule has 0 aliphatic heterocycles. The second-order valence-electron chi connectivity index (χ2n) is 5.13. The summed E-state index contributed by atoms with van der Waals surface area (Å²) in [5, 5.41) is 9.72. The Kier molecular flexibility index (Phi) is 7.39. The number of aliphatic hydroxyl groups is 1. The molecule has 0 aliphatic rings. The van der Waals surface area contributed by atoms with Gasteiger partial charge in [0.1, 0.15) is 12.6 Å². The Bertz CT molecular complexity index is 298. The predicted molar refractivity (Wildman–Crippen MR) is 65.0 cm³/mol. The van der Waals surface area contributed by atoms with Gasteiger partial charge in [0.15, 0.2) is 0 Å². The summed E-state index contributed by atoms with van der Waals surface area (Å²) >= 11 is 0. The molecule has 98 valence electrons. The maximum Gasteiger partial charge on any atom is 0.126 e. The fourth-order valence-corrected chi connectivity index (χ4v) is 1.57. The van der Waals surface area contributed by atoms with E-state index in [4.69, 9.17) is 4.74 Å². The molecule has 0 aliphatic carbocycles. The van der Waals surface area contributed by atoms with E-state index in [1.165, 1.54) is 0 Å². The highest BCUT2D eigenvalue weighted by Crippen LogP contribution is 2.02. The van der Waals surface area contributed by atoms with Crippen LogP contribution in [0.15, 0.2) is 30.3 Å². The van der Waals surface area contributed by atoms with Crippen molar-refractivity contribution in [3.8, 4) is 0 Å². The molecule has 0 saturated heterocycles. The predicted octanol–water partition coefficient (Wildman–Crippen LogP) is -1.73. The minimum absolute atomic E-state index is 0. The van der Waals surface area contributed by atoms with Crippen LogP contribution in [0.2, 0.25) is 0 Å². The van der Waals surface area contributed by atoms with Gasteiger partial charge in [-0.25, -0.2) is 0 Å². The Morgan fingerprint density at radius 3 is 2.29 bits per heavy atom. The lowest BCUT2D eigenvalue weighted by Crippen LogP contribution is -3.00. The highest BCUT2D eigenvalue weighted by molar-refractivity contribution is 5.13. The Morgan fingerprint density at radius 2 is 1.76 bits per heavy atom. The van der Waals surface area contributed by atoms with Crippen molar-refractivity contribution in [3.05, 3.63) is 35.9 Å². The molecule has 0 aromatic heterocycles. The van der Waals surface area contributed by atoms with Crippen molar-refractivity contribution < 1.29 is 26.7 Å². The third kappa shape index (κ3) is 8.16. The monoisotopic (exact) mass is 259 g/mol. The summed E-state index contributed by atoms with van der Waals surface area (Å²) in [6.07, 6.45) is -0.399. The number of halogens is 1. The van der Waals surface area contributed by atoms with E-state index in [1.54, 1.807) is 0 Å². The van der Waals surface area contributed by atoms with Gasteiger partial charge < -0.3 is 26.7 Å². The van der Waals surface area contributed by atoms with Crippen molar-refractivity contribution in [2.24, 2.45) is 0 Å². The lowest BCUT2D eigenvalue weighted by atomic mass is 10.2. The molecule has 0 spiro atoms. The molecule has 0 heterocycles. The molecule has 4 heteroatoms. The van der Waals surface area contributed by atoms with Crippen LogP contribution in [0.25, 0.3) is 0 Å². The molecule has 1 rings (SSSR count). The first-order valence-corrected chi connectivity index (χ1v) is 5.57. The molecule has 1 atom stereocenters. The van der Waals surface area contributed by atoms with Crippen molar-refractivity contribution in [1.29, 1.82) is 0 Å². The van der Waals surface area contributed by atoms with Crippen LogP contribution < -0.4 is 12.4 Å². The molecule has 17 heavy (non-hydrogen) atoms. The third-order valence-corrected chi connectivity index (χ3v) is 2.18. The number of hydrogen-bond acceptors (Lipinski definition) is 2. The highest BCUT2D eigenvalue weighted by Gasteiger charge is 2.15. The molecular formula is C13H22ClNO2. The Balaban J connectivity index is 0.00000256. The molecule has 0 fully saturated rings. The summed E-state index contributed by atoms with van der Waals surface area (Å²) in [4.78, 5) is 0. The summed E-state index contributed by atoms with van der Waals surface area (Å²) in [6.45, 7) is 1.66. The standard InChI is InChI=1S/C13H22NO2.ClH/c1-14(2,3)9-13(15)11-16-10-12-7-5-4-6-8-12;/h4-8,13,15H,9-11H2,1-3H3;1H/q+1;/p-1/t13-;/m0./s1. The van der Waals surface area contributed by atoms with Crippen molar-refractivity contribution >= 4 is 0 Å². The van der Waals surface area contributed by atoms with Crippen molar-refractivity contribution in [1.82, 2.24) is 0 Å². The molecule has 0 amide bonds. The lowest BCUT2D eigenvalue weighted by Gasteiger charge is -2.26.